The first-order chi connectivity index (χ1) is 15.3. The van der Waals surface area contributed by atoms with Gasteiger partial charge in [-0.25, -0.2) is 0 Å². The molecule has 0 aliphatic heterocycles. The molecule has 0 bridgehead atoms. The number of hydrogen-bond donors (Lipinski definition) is 2. The summed E-state index contributed by atoms with van der Waals surface area (Å²) < 4.78 is 5.02. The van der Waals surface area contributed by atoms with Crippen LogP contribution in [0.4, 0.5) is 0 Å². The predicted octanol–water partition coefficient (Wildman–Crippen LogP) is 9.07. The molecule has 0 aromatic carbocycles. The van der Waals surface area contributed by atoms with Crippen LogP contribution < -0.4 is 0 Å². The molecular weight excluding hydrogens is 487 g/mol. The smallest absolute Gasteiger partial charge is 0.396 e. The van der Waals surface area contributed by atoms with Crippen LogP contribution in [0.15, 0.2) is 0 Å². The average molecular weight is 546 g/mol. The van der Waals surface area contributed by atoms with Crippen molar-refractivity contribution in [2.24, 2.45) is 0 Å². The molecule has 0 spiro atoms. The number of unbranched alkanes of at least 4 members (excludes halogenated alkanes) is 19. The van der Waals surface area contributed by atoms with Crippen LogP contribution in [-0.2, 0) is 0 Å². The summed E-state index contributed by atoms with van der Waals surface area (Å²) in [6, 6.07) is 0. The normalized spacial score (nSPS) is 11.6. The number of hydrogen-bond acceptors (Lipinski definition) is 2. The molecule has 0 fully saturated rings. The summed E-state index contributed by atoms with van der Waals surface area (Å²) >= 11 is -1.06. The maximum absolute atomic E-state index is 8.80. The van der Waals surface area contributed by atoms with Gasteiger partial charge in [0, 0.05) is 0 Å². The minimum atomic E-state index is -1.06. The average Bonchev–Trinajstić information content (AvgIpc) is 2.78. The van der Waals surface area contributed by atoms with E-state index in [4.69, 9.17) is 10.2 Å². The first kappa shape index (κ1) is 31.7. The van der Waals surface area contributed by atoms with Gasteiger partial charge in [0.05, 0.1) is 0 Å². The van der Waals surface area contributed by atoms with Crippen molar-refractivity contribution >= 4 is 19.8 Å². The number of aliphatic hydroxyl groups is 2. The minimum Gasteiger partial charge on any atom is -0.396 e. The van der Waals surface area contributed by atoms with Crippen LogP contribution in [0, 0.1) is 0 Å². The Bertz CT molecular complexity index is 285. The fourth-order valence-electron chi connectivity index (χ4n) is 4.60. The van der Waals surface area contributed by atoms with Gasteiger partial charge in [0.25, 0.3) is 0 Å². The summed E-state index contributed by atoms with van der Waals surface area (Å²) in [5, 5.41) is 17.6. The van der Waals surface area contributed by atoms with Gasteiger partial charge in [0.2, 0.25) is 0 Å². The van der Waals surface area contributed by atoms with Crippen LogP contribution in [0.2, 0.25) is 13.3 Å². The Morgan fingerprint density at radius 2 is 0.613 bits per heavy atom. The molecule has 3 heteroatoms. The third-order valence-electron chi connectivity index (χ3n) is 6.76. The van der Waals surface area contributed by atoms with E-state index >= 15 is 0 Å². The first-order valence-corrected chi connectivity index (χ1v) is 20.5. The molecule has 0 saturated carbocycles. The van der Waals surface area contributed by atoms with Crippen LogP contribution in [0.1, 0.15) is 148 Å². The van der Waals surface area contributed by atoms with Crippen molar-refractivity contribution in [1.82, 2.24) is 0 Å². The van der Waals surface area contributed by atoms with Crippen LogP contribution >= 0.6 is 0 Å². The van der Waals surface area contributed by atoms with Crippen molar-refractivity contribution in [1.29, 1.82) is 0 Å². The zero-order chi connectivity index (χ0) is 22.7. The SMILES string of the molecule is CCC[CH2][Sn]([CH2]CCCCCCCCCCCO)[CH2]CCCCCCCCCCCO. The van der Waals surface area contributed by atoms with E-state index in [0.717, 1.165) is 12.8 Å². The molecule has 0 amide bonds. The van der Waals surface area contributed by atoms with E-state index in [-0.39, 0.29) is 0 Å². The molecule has 2 nitrogen and oxygen atoms in total. The molecule has 0 saturated heterocycles. The Hall–Kier alpha value is 0.719. The van der Waals surface area contributed by atoms with E-state index in [9.17, 15) is 0 Å². The van der Waals surface area contributed by atoms with Gasteiger partial charge >= 0.3 is 194 Å². The standard InChI is InChI=1S/2C12H25O.C4H9.Sn/c2*1-2-3-4-5-6-7-8-9-10-11-12-13;1-3-4-2;/h2*13H,1-12H2;1,3-4H2,2H3;. The predicted molar refractivity (Wildman–Crippen MR) is 142 cm³/mol. The first-order valence-electron chi connectivity index (χ1n) is 14.4. The van der Waals surface area contributed by atoms with E-state index in [1.165, 1.54) is 116 Å². The van der Waals surface area contributed by atoms with Crippen LogP contribution in [-0.4, -0.2) is 43.2 Å². The zero-order valence-electron chi connectivity index (χ0n) is 21.5. The molecule has 0 heterocycles. The van der Waals surface area contributed by atoms with Crippen molar-refractivity contribution in [2.45, 2.75) is 161 Å². The topological polar surface area (TPSA) is 40.5 Å². The second kappa shape index (κ2) is 28.8. The summed E-state index contributed by atoms with van der Waals surface area (Å²) in [6.07, 6.45) is 30.4. The molecule has 187 valence electrons. The monoisotopic (exact) mass is 547 g/mol. The van der Waals surface area contributed by atoms with Crippen molar-refractivity contribution in [3.05, 3.63) is 0 Å². The molecule has 0 aromatic heterocycles. The van der Waals surface area contributed by atoms with Crippen LogP contribution in [0.25, 0.3) is 0 Å². The summed E-state index contributed by atoms with van der Waals surface area (Å²) in [6.45, 7) is 3.11. The Labute approximate surface area is 204 Å². The van der Waals surface area contributed by atoms with E-state index in [1.54, 1.807) is 26.2 Å². The fraction of sp³-hybridized carbons (Fsp3) is 1.00. The molecule has 31 heavy (non-hydrogen) atoms. The van der Waals surface area contributed by atoms with Gasteiger partial charge in [0.1, 0.15) is 0 Å². The second-order valence-electron chi connectivity index (χ2n) is 9.87. The van der Waals surface area contributed by atoms with Gasteiger partial charge < -0.3 is 10.2 Å². The molecule has 0 aromatic rings. The van der Waals surface area contributed by atoms with Gasteiger partial charge in [-0.15, -0.1) is 0 Å². The number of aliphatic hydroxyl groups excluding tert-OH is 2. The molecule has 1 radical (unpaired) electrons. The molecular formula is C28H59O2Sn. The van der Waals surface area contributed by atoms with E-state index in [0.29, 0.717) is 13.2 Å². The third kappa shape index (κ3) is 26.8. The van der Waals surface area contributed by atoms with Gasteiger partial charge in [-0.05, 0) is 0 Å². The Morgan fingerprint density at radius 1 is 0.355 bits per heavy atom. The zero-order valence-corrected chi connectivity index (χ0v) is 24.3. The van der Waals surface area contributed by atoms with Gasteiger partial charge in [-0.1, -0.05) is 0 Å². The molecule has 0 aliphatic rings. The maximum atomic E-state index is 8.80. The molecule has 0 aliphatic carbocycles. The molecule has 0 unspecified atom stereocenters. The van der Waals surface area contributed by atoms with Crippen LogP contribution in [0.5, 0.6) is 0 Å². The summed E-state index contributed by atoms with van der Waals surface area (Å²) in [5.74, 6) is 0. The van der Waals surface area contributed by atoms with E-state index in [1.807, 2.05) is 0 Å². The Kier molecular flexibility index (Phi) is 29.4. The summed E-state index contributed by atoms with van der Waals surface area (Å²) in [4.78, 5) is 0. The Balaban J connectivity index is 3.50. The van der Waals surface area contributed by atoms with Gasteiger partial charge in [-0.2, -0.15) is 0 Å². The molecule has 0 rings (SSSR count). The molecule has 2 N–H and O–H groups in total. The van der Waals surface area contributed by atoms with E-state index in [2.05, 4.69) is 6.92 Å². The van der Waals surface area contributed by atoms with Crippen LogP contribution in [0.3, 0.4) is 0 Å². The van der Waals surface area contributed by atoms with Crippen molar-refractivity contribution in [2.75, 3.05) is 13.2 Å². The quantitative estimate of drug-likeness (QED) is 0.0797. The van der Waals surface area contributed by atoms with Gasteiger partial charge in [0.15, 0.2) is 0 Å². The summed E-state index contributed by atoms with van der Waals surface area (Å²) in [5.41, 5.74) is 0. The minimum absolute atomic E-state index is 0.372. The fourth-order valence-corrected chi connectivity index (χ4v) is 13.5. The van der Waals surface area contributed by atoms with Crippen molar-refractivity contribution in [3.63, 3.8) is 0 Å². The van der Waals surface area contributed by atoms with E-state index < -0.39 is 19.8 Å². The van der Waals surface area contributed by atoms with Crippen molar-refractivity contribution in [3.8, 4) is 0 Å². The number of rotatable bonds is 27. The third-order valence-corrected chi connectivity index (χ3v) is 15.8. The molecule has 0 atom stereocenters. The Morgan fingerprint density at radius 3 is 0.903 bits per heavy atom. The van der Waals surface area contributed by atoms with Gasteiger partial charge in [-0.3, -0.25) is 0 Å². The second-order valence-corrected chi connectivity index (χ2v) is 18.4. The van der Waals surface area contributed by atoms with Crippen molar-refractivity contribution < 1.29 is 10.2 Å². The summed E-state index contributed by atoms with van der Waals surface area (Å²) in [7, 11) is 0.